The lowest BCUT2D eigenvalue weighted by Gasteiger charge is -2.21. The highest BCUT2D eigenvalue weighted by molar-refractivity contribution is 9.10. The first-order valence-corrected chi connectivity index (χ1v) is 8.51. The van der Waals surface area contributed by atoms with Crippen molar-refractivity contribution in [1.82, 2.24) is 9.78 Å². The monoisotopic (exact) mass is 347 g/mol. The van der Waals surface area contributed by atoms with Crippen molar-refractivity contribution < 1.29 is 0 Å². The summed E-state index contributed by atoms with van der Waals surface area (Å²) in [7, 11) is 1.93. The Morgan fingerprint density at radius 1 is 1.19 bits per heavy atom. The van der Waals surface area contributed by atoms with Crippen LogP contribution in [0.15, 0.2) is 28.7 Å². The molecule has 0 aliphatic heterocycles. The van der Waals surface area contributed by atoms with Crippen molar-refractivity contribution in [2.45, 2.75) is 38.5 Å². The van der Waals surface area contributed by atoms with E-state index in [-0.39, 0.29) is 0 Å². The first-order chi connectivity index (χ1) is 10.1. The van der Waals surface area contributed by atoms with E-state index in [1.54, 1.807) is 0 Å². The number of anilines is 1. The summed E-state index contributed by atoms with van der Waals surface area (Å²) in [5, 5.41) is 4.68. The molecular weight excluding hydrogens is 326 g/mol. The van der Waals surface area contributed by atoms with Crippen molar-refractivity contribution >= 4 is 21.7 Å². The lowest BCUT2D eigenvalue weighted by atomic mass is 9.85. The highest BCUT2D eigenvalue weighted by atomic mass is 79.9. The molecule has 0 spiro atoms. The number of aryl methyl sites for hydroxylation is 1. The Hall–Kier alpha value is -1.29. The zero-order valence-electron chi connectivity index (χ0n) is 12.5. The minimum Gasteiger partial charge on any atom is -0.383 e. The quantitative estimate of drug-likeness (QED) is 0.884. The maximum Gasteiger partial charge on any atom is 0.129 e. The lowest BCUT2D eigenvalue weighted by Crippen LogP contribution is -2.10. The van der Waals surface area contributed by atoms with Gasteiger partial charge in [0.2, 0.25) is 0 Å². The van der Waals surface area contributed by atoms with E-state index in [0.717, 1.165) is 39.5 Å². The molecule has 1 aliphatic rings. The van der Waals surface area contributed by atoms with E-state index >= 15 is 0 Å². The van der Waals surface area contributed by atoms with Crippen molar-refractivity contribution in [3.8, 4) is 11.1 Å². The number of nitrogens with two attached hydrogens (primary N) is 1. The van der Waals surface area contributed by atoms with Crippen LogP contribution in [-0.2, 0) is 13.5 Å². The summed E-state index contributed by atoms with van der Waals surface area (Å²) in [5.41, 5.74) is 9.71. The first kappa shape index (κ1) is 14.6. The third kappa shape index (κ3) is 3.15. The molecule has 3 rings (SSSR count). The number of benzene rings is 1. The topological polar surface area (TPSA) is 43.8 Å². The lowest BCUT2D eigenvalue weighted by molar-refractivity contribution is 0.354. The molecule has 3 nitrogen and oxygen atoms in total. The van der Waals surface area contributed by atoms with Gasteiger partial charge in [0.25, 0.3) is 0 Å². The van der Waals surface area contributed by atoms with Gasteiger partial charge in [-0.1, -0.05) is 60.2 Å². The molecular formula is C17H22BrN3. The SMILES string of the molecule is Cn1nc(CC2CCCCC2)c(-c2ccc(Br)cc2)c1N. The summed E-state index contributed by atoms with van der Waals surface area (Å²) in [6, 6.07) is 8.35. The number of aromatic nitrogens is 2. The Balaban J connectivity index is 1.93. The molecule has 1 aromatic heterocycles. The molecule has 21 heavy (non-hydrogen) atoms. The Morgan fingerprint density at radius 3 is 2.52 bits per heavy atom. The van der Waals surface area contributed by atoms with E-state index < -0.39 is 0 Å². The van der Waals surface area contributed by atoms with E-state index in [1.807, 2.05) is 11.7 Å². The number of hydrogen-bond acceptors (Lipinski definition) is 2. The van der Waals surface area contributed by atoms with E-state index in [2.05, 4.69) is 45.3 Å². The molecule has 1 fully saturated rings. The van der Waals surface area contributed by atoms with Gasteiger partial charge in [-0.15, -0.1) is 0 Å². The zero-order valence-corrected chi connectivity index (χ0v) is 14.1. The predicted molar refractivity (Wildman–Crippen MR) is 91.0 cm³/mol. The normalized spacial score (nSPS) is 16.3. The Kier molecular flexibility index (Phi) is 4.34. The van der Waals surface area contributed by atoms with E-state index in [9.17, 15) is 0 Å². The second kappa shape index (κ2) is 6.22. The largest absolute Gasteiger partial charge is 0.383 e. The average molecular weight is 348 g/mol. The molecule has 0 bridgehead atoms. The summed E-state index contributed by atoms with van der Waals surface area (Å²) < 4.78 is 2.90. The molecule has 0 atom stereocenters. The van der Waals surface area contributed by atoms with Gasteiger partial charge in [-0.05, 0) is 30.0 Å². The van der Waals surface area contributed by atoms with Gasteiger partial charge in [0, 0.05) is 17.1 Å². The number of rotatable bonds is 3. The van der Waals surface area contributed by atoms with Crippen LogP contribution in [0.25, 0.3) is 11.1 Å². The van der Waals surface area contributed by atoms with Gasteiger partial charge in [-0.3, -0.25) is 4.68 Å². The van der Waals surface area contributed by atoms with Crippen LogP contribution >= 0.6 is 15.9 Å². The van der Waals surface area contributed by atoms with Crippen molar-refractivity contribution in [3.63, 3.8) is 0 Å². The number of hydrogen-bond donors (Lipinski definition) is 1. The molecule has 2 aromatic rings. The van der Waals surface area contributed by atoms with Crippen LogP contribution in [0, 0.1) is 5.92 Å². The Bertz CT molecular complexity index is 610. The maximum absolute atomic E-state index is 6.27. The van der Waals surface area contributed by atoms with Gasteiger partial charge in [0.1, 0.15) is 5.82 Å². The van der Waals surface area contributed by atoms with Crippen molar-refractivity contribution in [3.05, 3.63) is 34.4 Å². The highest BCUT2D eigenvalue weighted by Gasteiger charge is 2.21. The molecule has 1 aliphatic carbocycles. The summed E-state index contributed by atoms with van der Waals surface area (Å²) in [4.78, 5) is 0. The van der Waals surface area contributed by atoms with Gasteiger partial charge in [0.15, 0.2) is 0 Å². The fourth-order valence-corrected chi connectivity index (χ4v) is 3.60. The standard InChI is InChI=1S/C17H22BrN3/c1-21-17(19)16(13-7-9-14(18)10-8-13)15(20-21)11-12-5-3-2-4-6-12/h7-10,12H,2-6,11,19H2,1H3. The number of nitrogens with zero attached hydrogens (tertiary/aromatic N) is 2. The second-order valence-corrected chi connectivity index (χ2v) is 6.96. The van der Waals surface area contributed by atoms with Crippen LogP contribution in [0.2, 0.25) is 0 Å². The fraction of sp³-hybridized carbons (Fsp3) is 0.471. The maximum atomic E-state index is 6.27. The van der Waals surface area contributed by atoms with E-state index in [0.29, 0.717) is 0 Å². The van der Waals surface area contributed by atoms with Crippen LogP contribution in [0.1, 0.15) is 37.8 Å². The summed E-state index contributed by atoms with van der Waals surface area (Å²) in [5.74, 6) is 1.53. The molecule has 1 aromatic carbocycles. The highest BCUT2D eigenvalue weighted by Crippen LogP contribution is 2.34. The third-order valence-electron chi connectivity index (χ3n) is 4.50. The summed E-state index contributed by atoms with van der Waals surface area (Å²) in [6.45, 7) is 0. The molecule has 0 unspecified atom stereocenters. The zero-order chi connectivity index (χ0) is 14.8. The molecule has 112 valence electrons. The first-order valence-electron chi connectivity index (χ1n) is 7.72. The van der Waals surface area contributed by atoms with Gasteiger partial charge in [-0.25, -0.2) is 0 Å². The Labute approximate surface area is 134 Å². The average Bonchev–Trinajstić information content (AvgIpc) is 2.76. The van der Waals surface area contributed by atoms with Gasteiger partial charge >= 0.3 is 0 Å². The minimum absolute atomic E-state index is 0.766. The van der Waals surface area contributed by atoms with Gasteiger partial charge in [-0.2, -0.15) is 5.10 Å². The predicted octanol–water partition coefficient (Wildman–Crippen LogP) is 4.55. The van der Waals surface area contributed by atoms with E-state index in [1.165, 1.54) is 32.1 Å². The molecule has 0 radical (unpaired) electrons. The molecule has 2 N–H and O–H groups in total. The number of halogens is 1. The second-order valence-electron chi connectivity index (χ2n) is 6.05. The summed E-state index contributed by atoms with van der Waals surface area (Å²) in [6.07, 6.45) is 7.82. The van der Waals surface area contributed by atoms with Crippen molar-refractivity contribution in [2.75, 3.05) is 5.73 Å². The van der Waals surface area contributed by atoms with Crippen LogP contribution in [0.5, 0.6) is 0 Å². The van der Waals surface area contributed by atoms with Crippen molar-refractivity contribution in [1.29, 1.82) is 0 Å². The van der Waals surface area contributed by atoms with Crippen LogP contribution in [-0.4, -0.2) is 9.78 Å². The molecule has 1 heterocycles. The van der Waals surface area contributed by atoms with Crippen LogP contribution in [0.4, 0.5) is 5.82 Å². The van der Waals surface area contributed by atoms with Gasteiger partial charge in [0.05, 0.1) is 5.69 Å². The van der Waals surface area contributed by atoms with Gasteiger partial charge < -0.3 is 5.73 Å². The molecule has 0 saturated heterocycles. The fourth-order valence-electron chi connectivity index (χ4n) is 3.33. The minimum atomic E-state index is 0.766. The van der Waals surface area contributed by atoms with Crippen LogP contribution in [0.3, 0.4) is 0 Å². The van der Waals surface area contributed by atoms with E-state index in [4.69, 9.17) is 5.73 Å². The Morgan fingerprint density at radius 2 is 1.86 bits per heavy atom. The molecule has 4 heteroatoms. The van der Waals surface area contributed by atoms with Crippen LogP contribution < -0.4 is 5.73 Å². The smallest absolute Gasteiger partial charge is 0.129 e. The summed E-state index contributed by atoms with van der Waals surface area (Å²) >= 11 is 3.49. The van der Waals surface area contributed by atoms with Crippen molar-refractivity contribution in [2.24, 2.45) is 13.0 Å². The molecule has 0 amide bonds. The molecule has 1 saturated carbocycles. The third-order valence-corrected chi connectivity index (χ3v) is 5.03. The number of nitrogen functional groups attached to an aromatic ring is 1.